The van der Waals surface area contributed by atoms with Crippen molar-refractivity contribution in [1.82, 2.24) is 5.32 Å². The fourth-order valence-electron chi connectivity index (χ4n) is 1.55. The zero-order valence-electron chi connectivity index (χ0n) is 10.5. The van der Waals surface area contributed by atoms with Crippen LogP contribution in [0.3, 0.4) is 0 Å². The number of anilines is 1. The van der Waals surface area contributed by atoms with E-state index < -0.39 is 32.4 Å². The smallest absolute Gasteiger partial charge is 0.295 e. The van der Waals surface area contributed by atoms with Crippen molar-refractivity contribution in [1.29, 1.82) is 0 Å². The molecule has 8 heteroatoms. The van der Waals surface area contributed by atoms with E-state index >= 15 is 0 Å². The largest absolute Gasteiger partial charge is 0.446 e. The summed E-state index contributed by atoms with van der Waals surface area (Å²) in [5.41, 5.74) is -0.737. The van der Waals surface area contributed by atoms with Crippen LogP contribution in [0.25, 0.3) is 0 Å². The number of furan rings is 1. The van der Waals surface area contributed by atoms with Gasteiger partial charge in [-0.2, -0.15) is 8.42 Å². The summed E-state index contributed by atoms with van der Waals surface area (Å²) in [6, 6.07) is 5.72. The van der Waals surface area contributed by atoms with Crippen LogP contribution in [0.5, 0.6) is 0 Å². The molecular formula is C12H12F2N2O3S. The Bertz CT molecular complexity index is 693. The normalized spacial score (nSPS) is 11.6. The van der Waals surface area contributed by atoms with Gasteiger partial charge < -0.3 is 9.73 Å². The zero-order chi connectivity index (χ0) is 14.8. The molecule has 0 atom stereocenters. The molecule has 0 radical (unpaired) electrons. The molecule has 1 aromatic carbocycles. The maximum Gasteiger partial charge on any atom is 0.295 e. The first-order valence-corrected chi connectivity index (χ1v) is 7.12. The van der Waals surface area contributed by atoms with Gasteiger partial charge in [-0.25, -0.2) is 8.78 Å². The summed E-state index contributed by atoms with van der Waals surface area (Å²) >= 11 is 0. The highest BCUT2D eigenvalue weighted by Gasteiger charge is 2.22. The van der Waals surface area contributed by atoms with E-state index in [-0.39, 0.29) is 0 Å². The molecule has 0 spiro atoms. The van der Waals surface area contributed by atoms with E-state index in [1.807, 2.05) is 4.72 Å². The predicted molar refractivity (Wildman–Crippen MR) is 68.6 cm³/mol. The standard InChI is InChI=1S/C12H12F2N2O3S/c1-15-7-8-5-6-11(19-8)20(17,18)16-12-9(13)3-2-4-10(12)14/h2-6,15-16H,7H2,1H3. The number of halogens is 2. The zero-order valence-corrected chi connectivity index (χ0v) is 11.3. The van der Waals surface area contributed by atoms with Crippen LogP contribution in [-0.4, -0.2) is 15.5 Å². The van der Waals surface area contributed by atoms with Crippen LogP contribution >= 0.6 is 0 Å². The highest BCUT2D eigenvalue weighted by molar-refractivity contribution is 7.92. The van der Waals surface area contributed by atoms with Gasteiger partial charge in [0.1, 0.15) is 23.1 Å². The average molecular weight is 302 g/mol. The number of hydrogen-bond acceptors (Lipinski definition) is 4. The summed E-state index contributed by atoms with van der Waals surface area (Å²) in [7, 11) is -2.51. The van der Waals surface area contributed by atoms with Crippen LogP contribution < -0.4 is 10.0 Å². The molecule has 2 aromatic rings. The molecule has 0 aliphatic carbocycles. The molecule has 1 aromatic heterocycles. The Morgan fingerprint density at radius 1 is 1.15 bits per heavy atom. The number of para-hydroxylation sites is 1. The molecular weight excluding hydrogens is 290 g/mol. The molecule has 0 fully saturated rings. The summed E-state index contributed by atoms with van der Waals surface area (Å²) < 4.78 is 57.7. The van der Waals surface area contributed by atoms with Gasteiger partial charge in [-0.1, -0.05) is 6.07 Å². The molecule has 20 heavy (non-hydrogen) atoms. The average Bonchev–Trinajstić information content (AvgIpc) is 2.84. The van der Waals surface area contributed by atoms with E-state index in [1.54, 1.807) is 7.05 Å². The van der Waals surface area contributed by atoms with Crippen molar-refractivity contribution in [3.63, 3.8) is 0 Å². The van der Waals surface area contributed by atoms with Crippen molar-refractivity contribution >= 4 is 15.7 Å². The molecule has 0 bridgehead atoms. The predicted octanol–water partition coefficient (Wildman–Crippen LogP) is 2.08. The summed E-state index contributed by atoms with van der Waals surface area (Å²) in [6.45, 7) is 0.337. The van der Waals surface area contributed by atoms with Gasteiger partial charge in [-0.15, -0.1) is 0 Å². The lowest BCUT2D eigenvalue weighted by Crippen LogP contribution is -2.14. The minimum Gasteiger partial charge on any atom is -0.446 e. The molecule has 1 heterocycles. The van der Waals surface area contributed by atoms with E-state index in [4.69, 9.17) is 4.42 Å². The minimum absolute atomic E-state index is 0.337. The monoisotopic (exact) mass is 302 g/mol. The van der Waals surface area contributed by atoms with E-state index in [1.165, 1.54) is 12.1 Å². The first-order chi connectivity index (χ1) is 9.44. The minimum atomic E-state index is -4.18. The van der Waals surface area contributed by atoms with Crippen LogP contribution in [-0.2, 0) is 16.6 Å². The third kappa shape index (κ3) is 2.97. The Kier molecular flexibility index (Phi) is 4.05. The highest BCUT2D eigenvalue weighted by Crippen LogP contribution is 2.23. The molecule has 2 rings (SSSR count). The lowest BCUT2D eigenvalue weighted by atomic mass is 10.3. The maximum atomic E-state index is 13.4. The van der Waals surface area contributed by atoms with Crippen molar-refractivity contribution < 1.29 is 21.6 Å². The molecule has 0 aliphatic heterocycles. The summed E-state index contributed by atoms with van der Waals surface area (Å²) in [5.74, 6) is -1.62. The Morgan fingerprint density at radius 3 is 2.40 bits per heavy atom. The third-order valence-electron chi connectivity index (χ3n) is 2.45. The van der Waals surface area contributed by atoms with Gasteiger partial charge in [0.05, 0.1) is 6.54 Å². The molecule has 0 saturated carbocycles. The quantitative estimate of drug-likeness (QED) is 0.887. The van der Waals surface area contributed by atoms with Gasteiger partial charge in [-0.3, -0.25) is 4.72 Å². The SMILES string of the molecule is CNCc1ccc(S(=O)(=O)Nc2c(F)cccc2F)o1. The van der Waals surface area contributed by atoms with Crippen LogP contribution in [0, 0.1) is 11.6 Å². The van der Waals surface area contributed by atoms with Crippen molar-refractivity contribution in [2.45, 2.75) is 11.6 Å². The van der Waals surface area contributed by atoms with Gasteiger partial charge >= 0.3 is 0 Å². The Hall–Kier alpha value is -1.93. The third-order valence-corrected chi connectivity index (χ3v) is 3.67. The van der Waals surface area contributed by atoms with Gasteiger partial charge in [0, 0.05) is 0 Å². The number of sulfonamides is 1. The van der Waals surface area contributed by atoms with Crippen LogP contribution in [0.2, 0.25) is 0 Å². The van der Waals surface area contributed by atoms with Crippen molar-refractivity contribution in [3.05, 3.63) is 47.7 Å². The van der Waals surface area contributed by atoms with Crippen molar-refractivity contribution in [3.8, 4) is 0 Å². The van der Waals surface area contributed by atoms with Crippen LogP contribution in [0.4, 0.5) is 14.5 Å². The topological polar surface area (TPSA) is 71.3 Å². The van der Waals surface area contributed by atoms with Gasteiger partial charge in [-0.05, 0) is 31.3 Å². The van der Waals surface area contributed by atoms with Crippen LogP contribution in [0.15, 0.2) is 39.8 Å². The van der Waals surface area contributed by atoms with Crippen LogP contribution in [0.1, 0.15) is 5.76 Å². The fraction of sp³-hybridized carbons (Fsp3) is 0.167. The molecule has 0 saturated heterocycles. The Labute approximate surface area is 114 Å². The lowest BCUT2D eigenvalue weighted by molar-refractivity contribution is 0.408. The second-order valence-electron chi connectivity index (χ2n) is 3.95. The molecule has 0 unspecified atom stereocenters. The number of benzene rings is 1. The van der Waals surface area contributed by atoms with Gasteiger partial charge in [0.2, 0.25) is 5.09 Å². The first kappa shape index (κ1) is 14.5. The molecule has 0 amide bonds. The van der Waals surface area contributed by atoms with Crippen molar-refractivity contribution in [2.75, 3.05) is 11.8 Å². The summed E-state index contributed by atoms with van der Waals surface area (Å²) in [4.78, 5) is 0. The Balaban J connectivity index is 2.31. The van der Waals surface area contributed by atoms with Gasteiger partial charge in [0.25, 0.3) is 10.0 Å². The lowest BCUT2D eigenvalue weighted by Gasteiger charge is -2.07. The maximum absolute atomic E-state index is 13.4. The number of nitrogens with one attached hydrogen (secondary N) is 2. The summed E-state index contributed by atoms with van der Waals surface area (Å²) in [5, 5.41) is 2.38. The second-order valence-corrected chi connectivity index (χ2v) is 5.57. The summed E-state index contributed by atoms with van der Waals surface area (Å²) in [6.07, 6.45) is 0. The van der Waals surface area contributed by atoms with E-state index in [2.05, 4.69) is 5.32 Å². The molecule has 5 nitrogen and oxygen atoms in total. The van der Waals surface area contributed by atoms with E-state index in [9.17, 15) is 17.2 Å². The highest BCUT2D eigenvalue weighted by atomic mass is 32.2. The number of rotatable bonds is 5. The van der Waals surface area contributed by atoms with Crippen molar-refractivity contribution in [2.24, 2.45) is 0 Å². The van der Waals surface area contributed by atoms with E-state index in [0.717, 1.165) is 18.2 Å². The fourth-order valence-corrected chi connectivity index (χ4v) is 2.58. The molecule has 2 N–H and O–H groups in total. The first-order valence-electron chi connectivity index (χ1n) is 5.64. The molecule has 108 valence electrons. The molecule has 0 aliphatic rings. The second kappa shape index (κ2) is 5.59. The number of hydrogen-bond donors (Lipinski definition) is 2. The Morgan fingerprint density at radius 2 is 1.80 bits per heavy atom. The van der Waals surface area contributed by atoms with Gasteiger partial charge in [0.15, 0.2) is 0 Å². The van der Waals surface area contributed by atoms with E-state index in [0.29, 0.717) is 12.3 Å².